The van der Waals surface area contributed by atoms with Crippen molar-refractivity contribution in [1.82, 2.24) is 4.57 Å². The summed E-state index contributed by atoms with van der Waals surface area (Å²) in [6, 6.07) is 90.1. The zero-order valence-electron chi connectivity index (χ0n) is 34.5. The van der Waals surface area contributed by atoms with Gasteiger partial charge in [0.05, 0.1) is 16.7 Å². The molecule has 0 radical (unpaired) electrons. The lowest BCUT2D eigenvalue weighted by atomic mass is 9.95. The molecule has 0 unspecified atom stereocenters. The zero-order valence-corrected chi connectivity index (χ0v) is 34.5. The molecule has 0 bridgehead atoms. The third-order valence-corrected chi connectivity index (χ3v) is 12.4. The third-order valence-electron chi connectivity index (χ3n) is 12.4. The summed E-state index contributed by atoms with van der Waals surface area (Å²) >= 11 is 0. The van der Waals surface area contributed by atoms with Gasteiger partial charge in [-0.1, -0.05) is 146 Å². The van der Waals surface area contributed by atoms with E-state index in [0.717, 1.165) is 45.4 Å². The number of benzene rings is 11. The summed E-state index contributed by atoms with van der Waals surface area (Å²) < 4.78 is 2.47. The first-order valence-electron chi connectivity index (χ1n) is 21.6. The Morgan fingerprint density at radius 3 is 1.37 bits per heavy atom. The maximum atomic E-state index is 2.47. The van der Waals surface area contributed by atoms with Gasteiger partial charge >= 0.3 is 0 Å². The summed E-state index contributed by atoms with van der Waals surface area (Å²) in [5.41, 5.74) is 15.0. The van der Waals surface area contributed by atoms with Gasteiger partial charge in [-0.25, -0.2) is 0 Å². The minimum atomic E-state index is 1.11. The van der Waals surface area contributed by atoms with Crippen LogP contribution in [0.5, 0.6) is 0 Å². The van der Waals surface area contributed by atoms with Gasteiger partial charge in [-0.2, -0.15) is 0 Å². The molecule has 11 aromatic carbocycles. The quantitative estimate of drug-likeness (QED) is 0.135. The maximum absolute atomic E-state index is 2.47. The molecule has 63 heavy (non-hydrogen) atoms. The van der Waals surface area contributed by atoms with E-state index in [4.69, 9.17) is 0 Å². The van der Waals surface area contributed by atoms with Crippen LogP contribution in [0.3, 0.4) is 0 Å². The minimum Gasteiger partial charge on any atom is -0.311 e. The fraction of sp³-hybridized carbons (Fsp3) is 0. The molecule has 0 amide bonds. The Bertz CT molecular complexity index is 3500. The van der Waals surface area contributed by atoms with Crippen LogP contribution in [0.4, 0.5) is 34.1 Å². The van der Waals surface area contributed by atoms with Crippen LogP contribution in [0.2, 0.25) is 0 Å². The second kappa shape index (κ2) is 15.3. The molecule has 12 aromatic rings. The maximum Gasteiger partial charge on any atom is 0.0553 e. The molecule has 1 heterocycles. The molecule has 0 saturated carbocycles. The number of hydrogen-bond donors (Lipinski definition) is 0. The van der Waals surface area contributed by atoms with Gasteiger partial charge in [0.1, 0.15) is 0 Å². The van der Waals surface area contributed by atoms with Crippen LogP contribution in [0, 0.1) is 0 Å². The third kappa shape index (κ3) is 6.38. The van der Waals surface area contributed by atoms with E-state index in [0.29, 0.717) is 0 Å². The summed E-state index contributed by atoms with van der Waals surface area (Å²) in [6.07, 6.45) is 0. The predicted molar refractivity (Wildman–Crippen MR) is 267 cm³/mol. The molecule has 0 saturated heterocycles. The summed E-state index contributed by atoms with van der Waals surface area (Å²) in [5.74, 6) is 0. The highest BCUT2D eigenvalue weighted by atomic mass is 15.1. The molecule has 0 N–H and O–H groups in total. The number of rotatable bonds is 9. The van der Waals surface area contributed by atoms with E-state index in [1.165, 1.54) is 60.0 Å². The van der Waals surface area contributed by atoms with Crippen LogP contribution in [-0.2, 0) is 0 Å². The van der Waals surface area contributed by atoms with E-state index in [-0.39, 0.29) is 0 Å². The van der Waals surface area contributed by atoms with Crippen LogP contribution < -0.4 is 9.80 Å². The van der Waals surface area contributed by atoms with E-state index in [1.54, 1.807) is 0 Å². The van der Waals surface area contributed by atoms with E-state index in [2.05, 4.69) is 263 Å². The van der Waals surface area contributed by atoms with Crippen molar-refractivity contribution in [3.63, 3.8) is 0 Å². The highest BCUT2D eigenvalue weighted by molar-refractivity contribution is 6.25. The van der Waals surface area contributed by atoms with Gasteiger partial charge < -0.3 is 14.4 Å². The van der Waals surface area contributed by atoms with Gasteiger partial charge in [0.2, 0.25) is 0 Å². The van der Waals surface area contributed by atoms with Crippen LogP contribution in [0.25, 0.3) is 71.3 Å². The minimum absolute atomic E-state index is 1.11. The van der Waals surface area contributed by atoms with Crippen molar-refractivity contribution >= 4 is 77.5 Å². The molecular formula is C60H41N3. The fourth-order valence-electron chi connectivity index (χ4n) is 9.59. The Morgan fingerprint density at radius 2 is 0.746 bits per heavy atom. The summed E-state index contributed by atoms with van der Waals surface area (Å²) in [5, 5.41) is 7.47. The monoisotopic (exact) mass is 803 g/mol. The van der Waals surface area contributed by atoms with Gasteiger partial charge in [0, 0.05) is 50.3 Å². The molecule has 1 aromatic heterocycles. The lowest BCUT2D eigenvalue weighted by Crippen LogP contribution is -2.10. The van der Waals surface area contributed by atoms with Crippen LogP contribution in [0.1, 0.15) is 0 Å². The first-order chi connectivity index (χ1) is 31.2. The van der Waals surface area contributed by atoms with Crippen molar-refractivity contribution in [2.75, 3.05) is 9.80 Å². The van der Waals surface area contributed by atoms with Crippen LogP contribution in [0.15, 0.2) is 249 Å². The number of nitrogens with zero attached hydrogens (tertiary/aromatic N) is 3. The standard InChI is InChI=1S/C60H41N3/c1-5-20-49(21-6-1)61(50-22-7-2-8-23-50)53-35-33-42(34-36-53)47-37-45-31-32-46-38-48(41-58-60(46)59(45)57(40-47)63(58)52-26-11-4-12-27-52)44-19-15-28-54(39-44)62(51-24-9-3-10-25-51)56-30-16-18-43-17-13-14-29-55(43)56/h1-41H. The molecule has 12 rings (SSSR count). The topological polar surface area (TPSA) is 11.4 Å². The van der Waals surface area contributed by atoms with E-state index >= 15 is 0 Å². The molecule has 0 aliphatic carbocycles. The number of anilines is 6. The van der Waals surface area contributed by atoms with Crippen molar-refractivity contribution in [2.24, 2.45) is 0 Å². The highest BCUT2D eigenvalue weighted by Gasteiger charge is 2.21. The molecule has 0 aliphatic heterocycles. The average Bonchev–Trinajstić information content (AvgIpc) is 3.70. The molecular weight excluding hydrogens is 763 g/mol. The molecule has 296 valence electrons. The van der Waals surface area contributed by atoms with Crippen molar-refractivity contribution < 1.29 is 0 Å². The number of fused-ring (bicyclic) bond motifs is 1. The molecule has 3 heteroatoms. The Balaban J connectivity index is 1.00. The Morgan fingerprint density at radius 1 is 0.270 bits per heavy atom. The summed E-state index contributed by atoms with van der Waals surface area (Å²) in [4.78, 5) is 4.70. The second-order valence-electron chi connectivity index (χ2n) is 16.2. The van der Waals surface area contributed by atoms with Crippen molar-refractivity contribution in [1.29, 1.82) is 0 Å². The van der Waals surface area contributed by atoms with E-state index < -0.39 is 0 Å². The number of hydrogen-bond acceptors (Lipinski definition) is 2. The smallest absolute Gasteiger partial charge is 0.0553 e. The molecule has 0 atom stereocenters. The van der Waals surface area contributed by atoms with E-state index in [9.17, 15) is 0 Å². The molecule has 0 spiro atoms. The number of aromatic nitrogens is 1. The molecule has 3 nitrogen and oxygen atoms in total. The summed E-state index contributed by atoms with van der Waals surface area (Å²) in [6.45, 7) is 0. The van der Waals surface area contributed by atoms with E-state index in [1.807, 2.05) is 0 Å². The molecule has 0 aliphatic rings. The summed E-state index contributed by atoms with van der Waals surface area (Å²) in [7, 11) is 0. The first kappa shape index (κ1) is 36.5. The molecule has 0 fully saturated rings. The fourth-order valence-corrected chi connectivity index (χ4v) is 9.59. The Labute approximate surface area is 366 Å². The highest BCUT2D eigenvalue weighted by Crippen LogP contribution is 2.45. The van der Waals surface area contributed by atoms with Crippen molar-refractivity contribution in [2.45, 2.75) is 0 Å². The normalized spacial score (nSPS) is 11.5. The average molecular weight is 804 g/mol. The lowest BCUT2D eigenvalue weighted by Gasteiger charge is -2.27. The van der Waals surface area contributed by atoms with Crippen molar-refractivity contribution in [3.8, 4) is 27.9 Å². The largest absolute Gasteiger partial charge is 0.311 e. The zero-order chi connectivity index (χ0) is 41.7. The van der Waals surface area contributed by atoms with Gasteiger partial charge in [0.15, 0.2) is 0 Å². The second-order valence-corrected chi connectivity index (χ2v) is 16.2. The Hall–Kier alpha value is -8.40. The SMILES string of the molecule is c1ccc(N(c2ccccc2)c2ccc(-c3cc4ccc5cc(-c6cccc(N(c7ccccc7)c7cccc8ccccc78)c6)cc6c5c4c(c3)n6-c3ccccc3)cc2)cc1. The lowest BCUT2D eigenvalue weighted by molar-refractivity contribution is 1.18. The van der Waals surface area contributed by atoms with Gasteiger partial charge in [-0.3, -0.25) is 0 Å². The number of para-hydroxylation sites is 4. The first-order valence-corrected chi connectivity index (χ1v) is 21.6. The predicted octanol–water partition coefficient (Wildman–Crippen LogP) is 16.8. The van der Waals surface area contributed by atoms with Gasteiger partial charge in [0.25, 0.3) is 0 Å². The van der Waals surface area contributed by atoms with Crippen LogP contribution >= 0.6 is 0 Å². The van der Waals surface area contributed by atoms with Gasteiger partial charge in [-0.15, -0.1) is 0 Å². The Kier molecular flexibility index (Phi) is 8.83. The van der Waals surface area contributed by atoms with Crippen LogP contribution in [-0.4, -0.2) is 4.57 Å². The van der Waals surface area contributed by atoms with Gasteiger partial charge in [-0.05, 0) is 142 Å². The van der Waals surface area contributed by atoms with Crippen molar-refractivity contribution in [3.05, 3.63) is 249 Å².